The zero-order chi connectivity index (χ0) is 18.4. The standard InChI is InChI=1S/C20H26N4O2/c1-21-20(23-13-15-4-9-19(26-3)22-12-15)24-11-10-17(14-24)16-5-7-18(25-2)8-6-16/h4-9,12,17H,10-11,13-14H2,1-3H3,(H,21,23). The quantitative estimate of drug-likeness (QED) is 0.661. The van der Waals surface area contributed by atoms with Crippen molar-refractivity contribution in [1.82, 2.24) is 15.2 Å². The lowest BCUT2D eigenvalue weighted by Crippen LogP contribution is -2.39. The van der Waals surface area contributed by atoms with Crippen LogP contribution in [0.3, 0.4) is 0 Å². The molecule has 1 unspecified atom stereocenters. The number of nitrogens with one attached hydrogen (secondary N) is 1. The van der Waals surface area contributed by atoms with Crippen LogP contribution >= 0.6 is 0 Å². The van der Waals surface area contributed by atoms with E-state index in [-0.39, 0.29) is 0 Å². The van der Waals surface area contributed by atoms with Crippen molar-refractivity contribution in [2.45, 2.75) is 18.9 Å². The van der Waals surface area contributed by atoms with Crippen molar-refractivity contribution < 1.29 is 9.47 Å². The summed E-state index contributed by atoms with van der Waals surface area (Å²) in [5, 5.41) is 3.43. The summed E-state index contributed by atoms with van der Waals surface area (Å²) in [7, 11) is 5.14. The fourth-order valence-corrected chi connectivity index (χ4v) is 3.25. The number of ether oxygens (including phenoxy) is 2. The van der Waals surface area contributed by atoms with E-state index in [1.165, 1.54) is 5.56 Å². The lowest BCUT2D eigenvalue weighted by molar-refractivity contribution is 0.397. The normalized spacial score (nSPS) is 17.3. The van der Waals surface area contributed by atoms with Crippen LogP contribution in [0, 0.1) is 0 Å². The number of nitrogens with zero attached hydrogens (tertiary/aromatic N) is 3. The first-order valence-corrected chi connectivity index (χ1v) is 8.82. The van der Waals surface area contributed by atoms with Crippen LogP contribution in [-0.2, 0) is 6.54 Å². The summed E-state index contributed by atoms with van der Waals surface area (Å²) >= 11 is 0. The minimum absolute atomic E-state index is 0.516. The molecule has 1 N–H and O–H groups in total. The van der Waals surface area contributed by atoms with Gasteiger partial charge in [0.2, 0.25) is 5.88 Å². The van der Waals surface area contributed by atoms with Gasteiger partial charge in [-0.15, -0.1) is 0 Å². The molecule has 0 amide bonds. The van der Waals surface area contributed by atoms with Crippen molar-refractivity contribution in [3.05, 3.63) is 53.7 Å². The van der Waals surface area contributed by atoms with Crippen molar-refractivity contribution in [1.29, 1.82) is 0 Å². The Morgan fingerprint density at radius 2 is 2.00 bits per heavy atom. The van der Waals surface area contributed by atoms with E-state index < -0.39 is 0 Å². The SMILES string of the molecule is CN=C(NCc1ccc(OC)nc1)N1CCC(c2ccc(OC)cc2)C1. The number of likely N-dealkylation sites (tertiary alicyclic amines) is 1. The molecule has 26 heavy (non-hydrogen) atoms. The fraction of sp³-hybridized carbons (Fsp3) is 0.400. The zero-order valence-corrected chi connectivity index (χ0v) is 15.6. The summed E-state index contributed by atoms with van der Waals surface area (Å²) in [6.07, 6.45) is 2.94. The predicted octanol–water partition coefficient (Wildman–Crippen LogP) is 2.66. The third-order valence-corrected chi connectivity index (χ3v) is 4.74. The Labute approximate surface area is 154 Å². The zero-order valence-electron chi connectivity index (χ0n) is 15.6. The van der Waals surface area contributed by atoms with Gasteiger partial charge in [0.05, 0.1) is 14.2 Å². The highest BCUT2D eigenvalue weighted by atomic mass is 16.5. The van der Waals surface area contributed by atoms with Gasteiger partial charge in [-0.1, -0.05) is 18.2 Å². The molecule has 6 heteroatoms. The van der Waals surface area contributed by atoms with Crippen molar-refractivity contribution in [3.63, 3.8) is 0 Å². The van der Waals surface area contributed by atoms with E-state index in [4.69, 9.17) is 9.47 Å². The van der Waals surface area contributed by atoms with E-state index in [0.717, 1.165) is 36.8 Å². The van der Waals surface area contributed by atoms with Crippen LogP contribution in [0.25, 0.3) is 0 Å². The number of pyridine rings is 1. The molecule has 1 saturated heterocycles. The molecule has 0 bridgehead atoms. The average molecular weight is 354 g/mol. The second-order valence-corrected chi connectivity index (χ2v) is 6.31. The number of aromatic nitrogens is 1. The molecule has 1 atom stereocenters. The molecule has 2 heterocycles. The van der Waals surface area contributed by atoms with E-state index in [0.29, 0.717) is 18.3 Å². The second-order valence-electron chi connectivity index (χ2n) is 6.31. The highest BCUT2D eigenvalue weighted by Gasteiger charge is 2.26. The molecule has 0 spiro atoms. The van der Waals surface area contributed by atoms with E-state index >= 15 is 0 Å². The summed E-state index contributed by atoms with van der Waals surface area (Å²) in [6.45, 7) is 2.65. The predicted molar refractivity (Wildman–Crippen MR) is 103 cm³/mol. The number of aliphatic imine (C=N–C) groups is 1. The van der Waals surface area contributed by atoms with Gasteiger partial charge in [-0.05, 0) is 29.7 Å². The molecule has 1 aromatic carbocycles. The maximum atomic E-state index is 5.24. The maximum Gasteiger partial charge on any atom is 0.212 e. The molecule has 2 aromatic rings. The van der Waals surface area contributed by atoms with Crippen LogP contribution < -0.4 is 14.8 Å². The summed E-state index contributed by atoms with van der Waals surface area (Å²) in [5.74, 6) is 2.97. The monoisotopic (exact) mass is 354 g/mol. The van der Waals surface area contributed by atoms with Crippen molar-refractivity contribution >= 4 is 5.96 Å². The van der Waals surface area contributed by atoms with Crippen LogP contribution in [0.4, 0.5) is 0 Å². The van der Waals surface area contributed by atoms with Gasteiger partial charge in [-0.2, -0.15) is 0 Å². The van der Waals surface area contributed by atoms with Gasteiger partial charge in [0.25, 0.3) is 0 Å². The van der Waals surface area contributed by atoms with E-state index in [1.54, 1.807) is 14.2 Å². The summed E-state index contributed by atoms with van der Waals surface area (Å²) in [4.78, 5) is 11.0. The molecule has 0 radical (unpaired) electrons. The third kappa shape index (κ3) is 4.25. The highest BCUT2D eigenvalue weighted by molar-refractivity contribution is 5.80. The number of benzene rings is 1. The van der Waals surface area contributed by atoms with E-state index in [9.17, 15) is 0 Å². The number of hydrogen-bond donors (Lipinski definition) is 1. The Morgan fingerprint density at radius 1 is 1.19 bits per heavy atom. The lowest BCUT2D eigenvalue weighted by Gasteiger charge is -2.22. The number of rotatable bonds is 5. The summed E-state index contributed by atoms with van der Waals surface area (Å²) in [5.41, 5.74) is 2.45. The molecular weight excluding hydrogens is 328 g/mol. The molecule has 1 fully saturated rings. The molecule has 1 aliphatic rings. The van der Waals surface area contributed by atoms with Gasteiger partial charge >= 0.3 is 0 Å². The van der Waals surface area contributed by atoms with Crippen LogP contribution in [0.2, 0.25) is 0 Å². The third-order valence-electron chi connectivity index (χ3n) is 4.74. The Morgan fingerprint density at radius 3 is 2.62 bits per heavy atom. The first kappa shape index (κ1) is 18.0. The molecule has 0 saturated carbocycles. The molecule has 3 rings (SSSR count). The van der Waals surface area contributed by atoms with Crippen molar-refractivity contribution in [2.24, 2.45) is 4.99 Å². The minimum atomic E-state index is 0.516. The van der Waals surface area contributed by atoms with Crippen LogP contribution in [0.5, 0.6) is 11.6 Å². The van der Waals surface area contributed by atoms with Crippen molar-refractivity contribution in [2.75, 3.05) is 34.4 Å². The second kappa shape index (κ2) is 8.56. The van der Waals surface area contributed by atoms with Gasteiger partial charge in [0.1, 0.15) is 5.75 Å². The average Bonchev–Trinajstić information content (AvgIpc) is 3.19. The van der Waals surface area contributed by atoms with Crippen LogP contribution in [0.1, 0.15) is 23.5 Å². The molecule has 138 valence electrons. The highest BCUT2D eigenvalue weighted by Crippen LogP contribution is 2.28. The van der Waals surface area contributed by atoms with Gasteiger partial charge in [0, 0.05) is 44.9 Å². The number of guanidine groups is 1. The maximum absolute atomic E-state index is 5.24. The van der Waals surface area contributed by atoms with Gasteiger partial charge in [-0.3, -0.25) is 4.99 Å². The fourth-order valence-electron chi connectivity index (χ4n) is 3.25. The molecule has 1 aliphatic heterocycles. The number of methoxy groups -OCH3 is 2. The Bertz CT molecular complexity index is 728. The lowest BCUT2D eigenvalue weighted by atomic mass is 9.98. The molecule has 6 nitrogen and oxygen atoms in total. The first-order valence-electron chi connectivity index (χ1n) is 8.82. The van der Waals surface area contributed by atoms with Gasteiger partial charge in [0.15, 0.2) is 5.96 Å². The molecule has 1 aromatic heterocycles. The Hall–Kier alpha value is -2.76. The largest absolute Gasteiger partial charge is 0.497 e. The van der Waals surface area contributed by atoms with E-state index in [1.807, 2.05) is 37.5 Å². The molecular formula is C20H26N4O2. The Kier molecular flexibility index (Phi) is 5.94. The Balaban J connectivity index is 1.56. The molecule has 0 aliphatic carbocycles. The minimum Gasteiger partial charge on any atom is -0.497 e. The van der Waals surface area contributed by atoms with E-state index in [2.05, 4.69) is 32.3 Å². The van der Waals surface area contributed by atoms with Gasteiger partial charge < -0.3 is 19.7 Å². The summed E-state index contributed by atoms with van der Waals surface area (Å²) < 4.78 is 10.3. The smallest absolute Gasteiger partial charge is 0.212 e. The topological polar surface area (TPSA) is 59.0 Å². The summed E-state index contributed by atoms with van der Waals surface area (Å²) in [6, 6.07) is 12.3. The van der Waals surface area contributed by atoms with Crippen LogP contribution in [0.15, 0.2) is 47.6 Å². The first-order chi connectivity index (χ1) is 12.7. The number of hydrogen-bond acceptors (Lipinski definition) is 4. The van der Waals surface area contributed by atoms with Crippen LogP contribution in [-0.4, -0.2) is 50.2 Å². The van der Waals surface area contributed by atoms with Gasteiger partial charge in [-0.25, -0.2) is 4.98 Å². The van der Waals surface area contributed by atoms with Crippen molar-refractivity contribution in [3.8, 4) is 11.6 Å².